The van der Waals surface area contributed by atoms with Crippen molar-refractivity contribution < 1.29 is 9.59 Å². The maximum absolute atomic E-state index is 12.3. The Labute approximate surface area is 102 Å². The third-order valence-corrected chi connectivity index (χ3v) is 3.78. The fourth-order valence-corrected chi connectivity index (χ4v) is 2.75. The third-order valence-electron chi connectivity index (χ3n) is 3.78. The number of nitrogens with one attached hydrogen (secondary N) is 1. The van der Waals surface area contributed by atoms with Gasteiger partial charge in [-0.1, -0.05) is 19.3 Å². The molecule has 1 atom stereocenters. The van der Waals surface area contributed by atoms with Crippen LogP contribution >= 0.6 is 0 Å². The Morgan fingerprint density at radius 1 is 1.18 bits per heavy atom. The maximum Gasteiger partial charge on any atom is 0.236 e. The Kier molecular flexibility index (Phi) is 3.99. The number of hydrogen-bond donors (Lipinski definition) is 2. The second-order valence-corrected chi connectivity index (χ2v) is 5.03. The topological polar surface area (TPSA) is 75.4 Å². The molecule has 1 heterocycles. The number of primary amides is 1. The van der Waals surface area contributed by atoms with Crippen LogP contribution in [0.2, 0.25) is 0 Å². The van der Waals surface area contributed by atoms with Gasteiger partial charge < -0.3 is 16.0 Å². The highest BCUT2D eigenvalue weighted by Gasteiger charge is 2.31. The molecule has 0 aromatic heterocycles. The molecule has 2 aliphatic rings. The van der Waals surface area contributed by atoms with Crippen molar-refractivity contribution in [2.75, 3.05) is 19.6 Å². The van der Waals surface area contributed by atoms with Gasteiger partial charge in [-0.2, -0.15) is 0 Å². The molecule has 3 N–H and O–H groups in total. The molecule has 2 fully saturated rings. The van der Waals surface area contributed by atoms with Gasteiger partial charge in [0.15, 0.2) is 0 Å². The number of piperazine rings is 1. The SMILES string of the molecule is NC(=O)[C@H]1CN(C(=O)C2CCCCC2)CCN1. The first-order valence-electron chi connectivity index (χ1n) is 6.50. The van der Waals surface area contributed by atoms with Crippen molar-refractivity contribution in [3.8, 4) is 0 Å². The lowest BCUT2D eigenvalue weighted by Gasteiger charge is -2.35. The summed E-state index contributed by atoms with van der Waals surface area (Å²) >= 11 is 0. The number of rotatable bonds is 2. The highest BCUT2D eigenvalue weighted by molar-refractivity contribution is 5.83. The number of carbonyl (C=O) groups excluding carboxylic acids is 2. The number of nitrogens with zero attached hydrogens (tertiary/aromatic N) is 1. The zero-order chi connectivity index (χ0) is 12.3. The van der Waals surface area contributed by atoms with E-state index in [9.17, 15) is 9.59 Å². The summed E-state index contributed by atoms with van der Waals surface area (Å²) in [4.78, 5) is 25.2. The standard InChI is InChI=1S/C12H21N3O2/c13-11(16)10-8-15(7-6-14-10)12(17)9-4-2-1-3-5-9/h9-10,14H,1-8H2,(H2,13,16)/t10-/m1/s1. The molecule has 2 rings (SSSR count). The van der Waals surface area contributed by atoms with Gasteiger partial charge in [0.05, 0.1) is 0 Å². The van der Waals surface area contributed by atoms with E-state index in [0.29, 0.717) is 19.6 Å². The summed E-state index contributed by atoms with van der Waals surface area (Å²) in [6.45, 7) is 1.79. The minimum atomic E-state index is -0.378. The van der Waals surface area contributed by atoms with Crippen molar-refractivity contribution in [2.24, 2.45) is 11.7 Å². The molecule has 0 radical (unpaired) electrons. The quantitative estimate of drug-likeness (QED) is 0.704. The molecule has 17 heavy (non-hydrogen) atoms. The monoisotopic (exact) mass is 239 g/mol. The summed E-state index contributed by atoms with van der Waals surface area (Å²) in [5.41, 5.74) is 5.27. The normalized spacial score (nSPS) is 26.8. The van der Waals surface area contributed by atoms with Gasteiger partial charge in [-0.05, 0) is 12.8 Å². The zero-order valence-electron chi connectivity index (χ0n) is 10.2. The van der Waals surface area contributed by atoms with Crippen LogP contribution in [-0.2, 0) is 9.59 Å². The fourth-order valence-electron chi connectivity index (χ4n) is 2.75. The fraction of sp³-hybridized carbons (Fsp3) is 0.833. The van der Waals surface area contributed by atoms with Gasteiger partial charge in [-0.25, -0.2) is 0 Å². The lowest BCUT2D eigenvalue weighted by Crippen LogP contribution is -2.58. The van der Waals surface area contributed by atoms with Gasteiger partial charge in [0.1, 0.15) is 6.04 Å². The average molecular weight is 239 g/mol. The van der Waals surface area contributed by atoms with E-state index in [1.807, 2.05) is 4.90 Å². The molecule has 5 heteroatoms. The van der Waals surface area contributed by atoms with E-state index in [2.05, 4.69) is 5.32 Å². The lowest BCUT2D eigenvalue weighted by atomic mass is 9.88. The molecule has 2 amide bonds. The number of nitrogens with two attached hydrogens (primary N) is 1. The van der Waals surface area contributed by atoms with E-state index in [1.54, 1.807) is 0 Å². The minimum absolute atomic E-state index is 0.176. The van der Waals surface area contributed by atoms with Crippen LogP contribution in [0, 0.1) is 5.92 Å². The zero-order valence-corrected chi connectivity index (χ0v) is 10.2. The molecule has 0 aromatic carbocycles. The van der Waals surface area contributed by atoms with Gasteiger partial charge in [-0.15, -0.1) is 0 Å². The van der Waals surface area contributed by atoms with Crippen LogP contribution in [0.5, 0.6) is 0 Å². The Hall–Kier alpha value is -1.10. The van der Waals surface area contributed by atoms with Crippen LogP contribution in [0.15, 0.2) is 0 Å². The molecule has 1 saturated carbocycles. The number of hydrogen-bond acceptors (Lipinski definition) is 3. The number of carbonyl (C=O) groups is 2. The largest absolute Gasteiger partial charge is 0.368 e. The smallest absolute Gasteiger partial charge is 0.236 e. The van der Waals surface area contributed by atoms with Crippen LogP contribution < -0.4 is 11.1 Å². The summed E-state index contributed by atoms with van der Waals surface area (Å²) in [6, 6.07) is -0.378. The summed E-state index contributed by atoms with van der Waals surface area (Å²) < 4.78 is 0. The average Bonchev–Trinajstić information content (AvgIpc) is 2.39. The Morgan fingerprint density at radius 2 is 1.88 bits per heavy atom. The molecule has 1 saturated heterocycles. The first-order valence-corrected chi connectivity index (χ1v) is 6.50. The lowest BCUT2D eigenvalue weighted by molar-refractivity contribution is -0.138. The van der Waals surface area contributed by atoms with Gasteiger partial charge >= 0.3 is 0 Å². The second-order valence-electron chi connectivity index (χ2n) is 5.03. The van der Waals surface area contributed by atoms with Gasteiger partial charge in [-0.3, -0.25) is 9.59 Å². The van der Waals surface area contributed by atoms with Crippen molar-refractivity contribution in [3.63, 3.8) is 0 Å². The summed E-state index contributed by atoms with van der Waals surface area (Å²) in [6.07, 6.45) is 5.56. The Morgan fingerprint density at radius 3 is 2.53 bits per heavy atom. The van der Waals surface area contributed by atoms with Gasteiger partial charge in [0, 0.05) is 25.6 Å². The van der Waals surface area contributed by atoms with Gasteiger partial charge in [0.2, 0.25) is 11.8 Å². The van der Waals surface area contributed by atoms with Crippen LogP contribution in [0.25, 0.3) is 0 Å². The second kappa shape index (κ2) is 5.49. The third kappa shape index (κ3) is 2.97. The Bertz CT molecular complexity index is 300. The van der Waals surface area contributed by atoms with E-state index in [4.69, 9.17) is 5.73 Å². The van der Waals surface area contributed by atoms with Crippen molar-refractivity contribution in [2.45, 2.75) is 38.1 Å². The molecule has 0 bridgehead atoms. The number of amides is 2. The van der Waals surface area contributed by atoms with Crippen LogP contribution in [0.1, 0.15) is 32.1 Å². The molecule has 0 unspecified atom stereocenters. The molecule has 0 aromatic rings. The van der Waals surface area contributed by atoms with E-state index in [1.165, 1.54) is 6.42 Å². The Balaban J connectivity index is 1.91. The van der Waals surface area contributed by atoms with Crippen molar-refractivity contribution in [3.05, 3.63) is 0 Å². The maximum atomic E-state index is 12.3. The van der Waals surface area contributed by atoms with E-state index in [0.717, 1.165) is 25.7 Å². The van der Waals surface area contributed by atoms with Gasteiger partial charge in [0.25, 0.3) is 0 Å². The molecular formula is C12H21N3O2. The highest BCUT2D eigenvalue weighted by atomic mass is 16.2. The predicted molar refractivity (Wildman–Crippen MR) is 64.1 cm³/mol. The molecule has 96 valence electrons. The first-order chi connectivity index (χ1) is 8.18. The summed E-state index contributed by atoms with van der Waals surface area (Å²) in [5, 5.41) is 3.04. The molecule has 5 nitrogen and oxygen atoms in total. The highest BCUT2D eigenvalue weighted by Crippen LogP contribution is 2.25. The van der Waals surface area contributed by atoms with Crippen molar-refractivity contribution in [1.82, 2.24) is 10.2 Å². The molecular weight excluding hydrogens is 218 g/mol. The van der Waals surface area contributed by atoms with Crippen molar-refractivity contribution in [1.29, 1.82) is 0 Å². The molecule has 1 aliphatic carbocycles. The summed E-state index contributed by atoms with van der Waals surface area (Å²) in [7, 11) is 0. The predicted octanol–water partition coefficient (Wildman–Crippen LogP) is -0.148. The first kappa shape index (κ1) is 12.4. The van der Waals surface area contributed by atoms with Crippen LogP contribution in [0.4, 0.5) is 0 Å². The minimum Gasteiger partial charge on any atom is -0.368 e. The van der Waals surface area contributed by atoms with Crippen molar-refractivity contribution >= 4 is 11.8 Å². The van der Waals surface area contributed by atoms with Crippen LogP contribution in [0.3, 0.4) is 0 Å². The molecule has 1 aliphatic heterocycles. The van der Waals surface area contributed by atoms with E-state index >= 15 is 0 Å². The van der Waals surface area contributed by atoms with E-state index in [-0.39, 0.29) is 23.8 Å². The van der Waals surface area contributed by atoms with E-state index < -0.39 is 0 Å². The van der Waals surface area contributed by atoms with Crippen LogP contribution in [-0.4, -0.2) is 42.4 Å². The summed E-state index contributed by atoms with van der Waals surface area (Å²) in [5.74, 6) is 0.0268. The molecule has 0 spiro atoms.